The second-order valence-electron chi connectivity index (χ2n) is 3.20. The lowest BCUT2D eigenvalue weighted by Gasteiger charge is -2.11. The maximum absolute atomic E-state index is 10.1. The van der Waals surface area contributed by atoms with Crippen molar-refractivity contribution in [3.05, 3.63) is 55.8 Å². The molecule has 1 aromatic heterocycles. The van der Waals surface area contributed by atoms with Crippen LogP contribution in [0.1, 0.15) is 17.4 Å². The molecule has 2 nitrogen and oxygen atoms in total. The molecule has 0 amide bonds. The highest BCUT2D eigenvalue weighted by Crippen LogP contribution is 2.34. The number of benzene rings is 1. The van der Waals surface area contributed by atoms with Crippen molar-refractivity contribution in [2.24, 2.45) is 0 Å². The summed E-state index contributed by atoms with van der Waals surface area (Å²) in [5.41, 5.74) is 0.612. The van der Waals surface area contributed by atoms with Crippen LogP contribution in [0, 0.1) is 0 Å². The minimum absolute atomic E-state index is 0.448. The predicted molar refractivity (Wildman–Crippen MR) is 69.6 cm³/mol. The summed E-state index contributed by atoms with van der Waals surface area (Å²) in [5.74, 6) is 0.448. The van der Waals surface area contributed by atoms with E-state index in [1.54, 1.807) is 18.2 Å². The maximum Gasteiger partial charge on any atom is 0.151 e. The van der Waals surface area contributed by atoms with Crippen LogP contribution in [0.3, 0.4) is 0 Å². The molecule has 84 valence electrons. The van der Waals surface area contributed by atoms with Gasteiger partial charge in [-0.05, 0) is 34.1 Å². The van der Waals surface area contributed by atoms with Gasteiger partial charge in [-0.2, -0.15) is 0 Å². The zero-order valence-electron chi connectivity index (χ0n) is 7.95. The summed E-state index contributed by atoms with van der Waals surface area (Å²) in [5, 5.41) is 10.6. The number of hydrogen-bond donors (Lipinski definition) is 1. The van der Waals surface area contributed by atoms with E-state index in [0.29, 0.717) is 16.3 Å². The van der Waals surface area contributed by atoms with Crippen LogP contribution in [0.5, 0.6) is 0 Å². The van der Waals surface area contributed by atoms with Crippen molar-refractivity contribution in [3.63, 3.8) is 0 Å². The van der Waals surface area contributed by atoms with Gasteiger partial charge in [0.1, 0.15) is 6.10 Å². The molecule has 16 heavy (non-hydrogen) atoms. The van der Waals surface area contributed by atoms with E-state index < -0.39 is 6.10 Å². The lowest BCUT2D eigenvalue weighted by Crippen LogP contribution is -1.99. The molecule has 0 spiro atoms. The molecule has 0 aliphatic carbocycles. The zero-order valence-corrected chi connectivity index (χ0v) is 11.9. The Kier molecular flexibility index (Phi) is 3.74. The number of hydrogen-bond acceptors (Lipinski definition) is 2. The van der Waals surface area contributed by atoms with Crippen LogP contribution in [-0.4, -0.2) is 5.11 Å². The van der Waals surface area contributed by atoms with E-state index in [1.165, 1.54) is 6.26 Å². The monoisotopic (exact) mass is 364 g/mol. The molecule has 0 fully saturated rings. The molecule has 1 N–H and O–H groups in total. The molecule has 2 aromatic rings. The minimum Gasteiger partial charge on any atom is -0.465 e. The van der Waals surface area contributed by atoms with Gasteiger partial charge in [0, 0.05) is 15.1 Å². The van der Waals surface area contributed by atoms with E-state index in [0.717, 1.165) is 8.95 Å². The molecular weight excluding hydrogens is 359 g/mol. The van der Waals surface area contributed by atoms with Gasteiger partial charge in [0.05, 0.1) is 10.7 Å². The normalized spacial score (nSPS) is 12.8. The Labute approximate surface area is 114 Å². The van der Waals surface area contributed by atoms with Gasteiger partial charge in [-0.3, -0.25) is 0 Å². The van der Waals surface area contributed by atoms with Gasteiger partial charge in [0.2, 0.25) is 0 Å². The van der Waals surface area contributed by atoms with Gasteiger partial charge in [-0.1, -0.05) is 33.6 Å². The van der Waals surface area contributed by atoms with Gasteiger partial charge >= 0.3 is 0 Å². The molecule has 0 radical (unpaired) electrons. The molecular formula is C11H7Br2ClO2. The summed E-state index contributed by atoms with van der Waals surface area (Å²) in [6.07, 6.45) is 0.639. The quantitative estimate of drug-likeness (QED) is 0.847. The van der Waals surface area contributed by atoms with E-state index in [9.17, 15) is 5.11 Å². The molecule has 1 heterocycles. The van der Waals surface area contributed by atoms with Crippen molar-refractivity contribution in [2.75, 3.05) is 0 Å². The Balaban J connectivity index is 2.41. The topological polar surface area (TPSA) is 33.4 Å². The summed E-state index contributed by atoms with van der Waals surface area (Å²) < 4.78 is 6.79. The van der Waals surface area contributed by atoms with Crippen LogP contribution >= 0.6 is 43.5 Å². The van der Waals surface area contributed by atoms with Crippen LogP contribution in [0.4, 0.5) is 0 Å². The highest BCUT2D eigenvalue weighted by atomic mass is 79.9. The number of furan rings is 1. The summed E-state index contributed by atoms with van der Waals surface area (Å²) >= 11 is 12.7. The van der Waals surface area contributed by atoms with Crippen molar-refractivity contribution in [3.8, 4) is 0 Å². The molecule has 0 bridgehead atoms. The van der Waals surface area contributed by atoms with E-state index in [1.807, 2.05) is 6.07 Å². The summed E-state index contributed by atoms with van der Waals surface area (Å²) in [4.78, 5) is 0. The van der Waals surface area contributed by atoms with Gasteiger partial charge in [0.15, 0.2) is 5.76 Å². The van der Waals surface area contributed by atoms with Crippen molar-refractivity contribution in [1.29, 1.82) is 0 Å². The fourth-order valence-corrected chi connectivity index (χ4v) is 2.56. The molecule has 5 heteroatoms. The third-order valence-electron chi connectivity index (χ3n) is 2.15. The van der Waals surface area contributed by atoms with E-state index in [4.69, 9.17) is 16.0 Å². The molecule has 2 rings (SSSR count). The van der Waals surface area contributed by atoms with E-state index in [2.05, 4.69) is 31.9 Å². The lowest BCUT2D eigenvalue weighted by atomic mass is 10.1. The lowest BCUT2D eigenvalue weighted by molar-refractivity contribution is 0.188. The standard InChI is InChI=1S/C11H7Br2ClO2/c12-6-1-2-7(9(14)5-6)10(15)11-8(13)3-4-16-11/h1-5,10,15H. The SMILES string of the molecule is OC(c1ccc(Br)cc1Cl)c1occc1Br. The van der Waals surface area contributed by atoms with Gasteiger partial charge in [-0.15, -0.1) is 0 Å². The number of aliphatic hydroxyl groups excluding tert-OH is 1. The molecule has 1 aromatic carbocycles. The van der Waals surface area contributed by atoms with Crippen molar-refractivity contribution in [2.45, 2.75) is 6.10 Å². The smallest absolute Gasteiger partial charge is 0.151 e. The Morgan fingerprint density at radius 1 is 1.25 bits per heavy atom. The molecule has 0 saturated carbocycles. The first-order chi connectivity index (χ1) is 7.59. The van der Waals surface area contributed by atoms with Crippen LogP contribution < -0.4 is 0 Å². The minimum atomic E-state index is -0.870. The number of aliphatic hydroxyl groups is 1. The molecule has 0 aliphatic heterocycles. The first kappa shape index (κ1) is 12.2. The summed E-state index contributed by atoms with van der Waals surface area (Å²) in [6, 6.07) is 7.04. The van der Waals surface area contributed by atoms with Crippen LogP contribution in [0.15, 0.2) is 43.9 Å². The fraction of sp³-hybridized carbons (Fsp3) is 0.0909. The van der Waals surface area contributed by atoms with E-state index >= 15 is 0 Å². The first-order valence-corrected chi connectivity index (χ1v) is 6.42. The summed E-state index contributed by atoms with van der Waals surface area (Å²) in [7, 11) is 0. The van der Waals surface area contributed by atoms with Gasteiger partial charge < -0.3 is 9.52 Å². The third kappa shape index (κ3) is 2.35. The predicted octanol–water partition coefficient (Wildman–Crippen LogP) is 4.54. The zero-order chi connectivity index (χ0) is 11.7. The average Bonchev–Trinajstić information content (AvgIpc) is 2.63. The highest BCUT2D eigenvalue weighted by Gasteiger charge is 2.19. The Hall–Kier alpha value is -0.290. The van der Waals surface area contributed by atoms with Gasteiger partial charge in [0.25, 0.3) is 0 Å². The average molecular weight is 366 g/mol. The molecule has 1 atom stereocenters. The first-order valence-electron chi connectivity index (χ1n) is 4.45. The van der Waals surface area contributed by atoms with Crippen molar-refractivity contribution < 1.29 is 9.52 Å². The van der Waals surface area contributed by atoms with Crippen LogP contribution in [-0.2, 0) is 0 Å². The second kappa shape index (κ2) is 4.92. The van der Waals surface area contributed by atoms with Crippen LogP contribution in [0.25, 0.3) is 0 Å². The Morgan fingerprint density at radius 2 is 2.00 bits per heavy atom. The summed E-state index contributed by atoms with van der Waals surface area (Å²) in [6.45, 7) is 0. The number of halogens is 3. The Morgan fingerprint density at radius 3 is 2.56 bits per heavy atom. The van der Waals surface area contributed by atoms with Crippen molar-refractivity contribution >= 4 is 43.5 Å². The Bertz CT molecular complexity index is 510. The van der Waals surface area contributed by atoms with Crippen LogP contribution in [0.2, 0.25) is 5.02 Å². The van der Waals surface area contributed by atoms with Gasteiger partial charge in [-0.25, -0.2) is 0 Å². The maximum atomic E-state index is 10.1. The third-order valence-corrected chi connectivity index (χ3v) is 3.63. The molecule has 1 unspecified atom stereocenters. The molecule has 0 saturated heterocycles. The number of rotatable bonds is 2. The highest BCUT2D eigenvalue weighted by molar-refractivity contribution is 9.10. The van der Waals surface area contributed by atoms with E-state index in [-0.39, 0.29) is 0 Å². The molecule has 0 aliphatic rings. The second-order valence-corrected chi connectivity index (χ2v) is 5.38. The largest absolute Gasteiger partial charge is 0.465 e. The van der Waals surface area contributed by atoms with Crippen molar-refractivity contribution in [1.82, 2.24) is 0 Å². The fourth-order valence-electron chi connectivity index (χ4n) is 1.37.